The Hall–Kier alpha value is -1.94. The fourth-order valence-corrected chi connectivity index (χ4v) is 3.86. The molecule has 1 N–H and O–H groups in total. The van der Waals surface area contributed by atoms with Gasteiger partial charge in [-0.1, -0.05) is 11.8 Å². The van der Waals surface area contributed by atoms with E-state index in [0.717, 1.165) is 6.42 Å². The number of aliphatic hydroxyl groups is 1. The third-order valence-electron chi connectivity index (χ3n) is 4.16. The molecule has 1 fully saturated rings. The van der Waals surface area contributed by atoms with Crippen LogP contribution in [0, 0.1) is 0 Å². The molecule has 0 spiro atoms. The Morgan fingerprint density at radius 1 is 1.52 bits per heavy atom. The standard InChI is InChI=1S/C18H22N2O6S/c1-11(21)8-20-16(22)14-4-3-12(17(23)24-2)7-15(14)19-18(20)27-9-13-5-6-25-10-26-13/h3-4,7,11,13,21H,5-6,8-10H2,1-2H3/t11-,13-/m0/s1. The van der Waals surface area contributed by atoms with Gasteiger partial charge in [-0.05, 0) is 31.5 Å². The van der Waals surface area contributed by atoms with Crippen molar-refractivity contribution >= 4 is 28.6 Å². The first-order chi connectivity index (χ1) is 13.0. The Labute approximate surface area is 160 Å². The van der Waals surface area contributed by atoms with E-state index in [0.29, 0.717) is 34.0 Å². The van der Waals surface area contributed by atoms with Crippen LogP contribution in [0.25, 0.3) is 10.9 Å². The number of rotatable bonds is 6. The molecule has 1 aliphatic heterocycles. The van der Waals surface area contributed by atoms with Crippen molar-refractivity contribution in [1.29, 1.82) is 0 Å². The van der Waals surface area contributed by atoms with Gasteiger partial charge in [0.05, 0.1) is 48.9 Å². The Morgan fingerprint density at radius 3 is 3.00 bits per heavy atom. The summed E-state index contributed by atoms with van der Waals surface area (Å²) in [6.45, 7) is 2.66. The quantitative estimate of drug-likeness (QED) is 0.446. The van der Waals surface area contributed by atoms with Gasteiger partial charge < -0.3 is 19.3 Å². The van der Waals surface area contributed by atoms with Gasteiger partial charge in [0.1, 0.15) is 6.79 Å². The highest BCUT2D eigenvalue weighted by Gasteiger charge is 2.19. The fraction of sp³-hybridized carbons (Fsp3) is 0.500. The van der Waals surface area contributed by atoms with E-state index >= 15 is 0 Å². The average molecular weight is 394 g/mol. The van der Waals surface area contributed by atoms with Crippen molar-refractivity contribution < 1.29 is 24.1 Å². The number of ether oxygens (including phenoxy) is 3. The molecule has 0 aliphatic carbocycles. The van der Waals surface area contributed by atoms with Crippen LogP contribution in [0.4, 0.5) is 0 Å². The highest BCUT2D eigenvalue weighted by Crippen LogP contribution is 2.22. The molecule has 2 heterocycles. The first-order valence-corrected chi connectivity index (χ1v) is 9.61. The van der Waals surface area contributed by atoms with Gasteiger partial charge in [-0.2, -0.15) is 0 Å². The SMILES string of the molecule is COC(=O)c1ccc2c(=O)n(C[C@H](C)O)c(SC[C@@H]3CCOCO3)nc2c1. The van der Waals surface area contributed by atoms with Crippen LogP contribution in [-0.2, 0) is 20.8 Å². The lowest BCUT2D eigenvalue weighted by Gasteiger charge is -2.23. The maximum absolute atomic E-state index is 12.9. The number of aromatic nitrogens is 2. The maximum Gasteiger partial charge on any atom is 0.337 e. The molecular weight excluding hydrogens is 372 g/mol. The number of thioether (sulfide) groups is 1. The van der Waals surface area contributed by atoms with Crippen molar-refractivity contribution in [3.05, 3.63) is 34.1 Å². The van der Waals surface area contributed by atoms with Crippen LogP contribution in [0.1, 0.15) is 23.7 Å². The third-order valence-corrected chi connectivity index (χ3v) is 5.27. The zero-order valence-electron chi connectivity index (χ0n) is 15.2. The molecule has 27 heavy (non-hydrogen) atoms. The molecule has 9 heteroatoms. The number of carbonyl (C=O) groups is 1. The Balaban J connectivity index is 1.98. The van der Waals surface area contributed by atoms with Crippen molar-refractivity contribution in [2.24, 2.45) is 0 Å². The van der Waals surface area contributed by atoms with Crippen molar-refractivity contribution in [2.45, 2.75) is 37.3 Å². The summed E-state index contributed by atoms with van der Waals surface area (Å²) in [6, 6.07) is 4.64. The summed E-state index contributed by atoms with van der Waals surface area (Å²) in [4.78, 5) is 29.3. The molecule has 0 bridgehead atoms. The zero-order chi connectivity index (χ0) is 19.4. The summed E-state index contributed by atoms with van der Waals surface area (Å²) in [6.07, 6.45) is 0.0842. The molecule has 8 nitrogen and oxygen atoms in total. The Kier molecular flexibility index (Phi) is 6.48. The van der Waals surface area contributed by atoms with Crippen LogP contribution in [0.5, 0.6) is 0 Å². The highest BCUT2D eigenvalue weighted by molar-refractivity contribution is 7.99. The summed E-state index contributed by atoms with van der Waals surface area (Å²) in [7, 11) is 1.30. The number of fused-ring (bicyclic) bond motifs is 1. The van der Waals surface area contributed by atoms with E-state index in [9.17, 15) is 14.7 Å². The molecule has 1 saturated heterocycles. The number of methoxy groups -OCH3 is 1. The second kappa shape index (κ2) is 8.83. The number of hydrogen-bond donors (Lipinski definition) is 1. The lowest BCUT2D eigenvalue weighted by Crippen LogP contribution is -2.29. The van der Waals surface area contributed by atoms with Gasteiger partial charge >= 0.3 is 5.97 Å². The first-order valence-electron chi connectivity index (χ1n) is 8.62. The molecule has 0 amide bonds. The molecular formula is C18H22N2O6S. The second-order valence-electron chi connectivity index (χ2n) is 6.30. The number of hydrogen-bond acceptors (Lipinski definition) is 8. The molecule has 1 aromatic heterocycles. The van der Waals surface area contributed by atoms with Crippen molar-refractivity contribution in [3.8, 4) is 0 Å². The smallest absolute Gasteiger partial charge is 0.337 e. The fourth-order valence-electron chi connectivity index (χ4n) is 2.78. The lowest BCUT2D eigenvalue weighted by molar-refractivity contribution is -0.130. The topological polar surface area (TPSA) is 99.9 Å². The number of benzene rings is 1. The molecule has 146 valence electrons. The molecule has 0 saturated carbocycles. The Bertz CT molecular complexity index is 876. The molecule has 1 aliphatic rings. The molecule has 3 rings (SSSR count). The zero-order valence-corrected chi connectivity index (χ0v) is 16.0. The van der Waals surface area contributed by atoms with E-state index in [-0.39, 0.29) is 25.0 Å². The summed E-state index contributed by atoms with van der Waals surface area (Å²) in [5, 5.41) is 10.7. The van der Waals surface area contributed by atoms with Gasteiger partial charge in [0.2, 0.25) is 0 Å². The average Bonchev–Trinajstić information content (AvgIpc) is 2.68. The van der Waals surface area contributed by atoms with E-state index in [4.69, 9.17) is 14.2 Å². The summed E-state index contributed by atoms with van der Waals surface area (Å²) in [5.74, 6) is 0.120. The minimum Gasteiger partial charge on any atom is -0.465 e. The van der Waals surface area contributed by atoms with E-state index in [1.165, 1.54) is 29.5 Å². The number of aliphatic hydroxyl groups excluding tert-OH is 1. The molecule has 1 aromatic carbocycles. The number of esters is 1. The van der Waals surface area contributed by atoms with E-state index in [1.807, 2.05) is 0 Å². The van der Waals surface area contributed by atoms with E-state index in [1.54, 1.807) is 19.1 Å². The molecule has 2 aromatic rings. The monoisotopic (exact) mass is 394 g/mol. The predicted octanol–water partition coefficient (Wildman–Crippen LogP) is 1.42. The largest absolute Gasteiger partial charge is 0.465 e. The van der Waals surface area contributed by atoms with Crippen LogP contribution in [0.15, 0.2) is 28.2 Å². The van der Waals surface area contributed by atoms with Crippen LogP contribution in [0.3, 0.4) is 0 Å². The van der Waals surface area contributed by atoms with E-state index < -0.39 is 12.1 Å². The molecule has 0 radical (unpaired) electrons. The molecule has 0 unspecified atom stereocenters. The summed E-state index contributed by atoms with van der Waals surface area (Å²) in [5.41, 5.74) is 0.488. The second-order valence-corrected chi connectivity index (χ2v) is 7.28. The lowest BCUT2D eigenvalue weighted by atomic mass is 10.1. The van der Waals surface area contributed by atoms with Crippen LogP contribution in [-0.4, -0.2) is 59.1 Å². The van der Waals surface area contributed by atoms with E-state index in [2.05, 4.69) is 4.98 Å². The number of nitrogens with zero attached hydrogens (tertiary/aromatic N) is 2. The van der Waals surface area contributed by atoms with Gasteiger partial charge in [-0.3, -0.25) is 9.36 Å². The predicted molar refractivity (Wildman–Crippen MR) is 100 cm³/mol. The van der Waals surface area contributed by atoms with Crippen molar-refractivity contribution in [2.75, 3.05) is 26.3 Å². The molecule has 2 atom stereocenters. The highest BCUT2D eigenvalue weighted by atomic mass is 32.2. The van der Waals surface area contributed by atoms with Crippen molar-refractivity contribution in [3.63, 3.8) is 0 Å². The summed E-state index contributed by atoms with van der Waals surface area (Å²) < 4.78 is 16.9. The first kappa shape index (κ1) is 19.8. The van der Waals surface area contributed by atoms with Gasteiger partial charge in [-0.25, -0.2) is 9.78 Å². The number of carbonyl (C=O) groups excluding carboxylic acids is 1. The van der Waals surface area contributed by atoms with Gasteiger partial charge in [0, 0.05) is 5.75 Å². The van der Waals surface area contributed by atoms with Crippen LogP contribution < -0.4 is 5.56 Å². The normalized spacial score (nSPS) is 18.4. The Morgan fingerprint density at radius 2 is 2.33 bits per heavy atom. The van der Waals surface area contributed by atoms with Gasteiger partial charge in [-0.15, -0.1) is 0 Å². The summed E-state index contributed by atoms with van der Waals surface area (Å²) >= 11 is 1.39. The van der Waals surface area contributed by atoms with Gasteiger partial charge in [0.25, 0.3) is 5.56 Å². The van der Waals surface area contributed by atoms with Crippen molar-refractivity contribution in [1.82, 2.24) is 9.55 Å². The van der Waals surface area contributed by atoms with Gasteiger partial charge in [0.15, 0.2) is 5.16 Å². The minimum atomic E-state index is -0.699. The van der Waals surface area contributed by atoms with Crippen LogP contribution >= 0.6 is 11.8 Å². The minimum absolute atomic E-state index is 0.0118. The third kappa shape index (κ3) is 4.67. The maximum atomic E-state index is 12.9. The van der Waals surface area contributed by atoms with Crippen LogP contribution in [0.2, 0.25) is 0 Å².